The van der Waals surface area contributed by atoms with Gasteiger partial charge in [0.15, 0.2) is 0 Å². The lowest BCUT2D eigenvalue weighted by Crippen LogP contribution is -2.07. The van der Waals surface area contributed by atoms with Crippen molar-refractivity contribution in [2.75, 3.05) is 19.0 Å². The van der Waals surface area contributed by atoms with Gasteiger partial charge in [-0.1, -0.05) is 18.2 Å². The maximum atomic E-state index is 5.46. The van der Waals surface area contributed by atoms with E-state index in [0.29, 0.717) is 19.0 Å². The summed E-state index contributed by atoms with van der Waals surface area (Å²) in [6.45, 7) is 5.09. The number of methoxy groups -OCH3 is 1. The fourth-order valence-electron chi connectivity index (χ4n) is 1.92. The highest BCUT2D eigenvalue weighted by atomic mass is 16.5. The first kappa shape index (κ1) is 14.1. The number of rotatable bonds is 6. The van der Waals surface area contributed by atoms with E-state index in [1.54, 1.807) is 7.11 Å². The third-order valence-corrected chi connectivity index (χ3v) is 2.96. The number of benzene rings is 1. The van der Waals surface area contributed by atoms with E-state index in [9.17, 15) is 0 Å². The predicted molar refractivity (Wildman–Crippen MR) is 78.3 cm³/mol. The molecule has 2 aromatic rings. The van der Waals surface area contributed by atoms with Gasteiger partial charge < -0.3 is 14.8 Å². The average molecular weight is 273 g/mol. The number of para-hydroxylation sites is 1. The molecule has 0 aliphatic rings. The Balaban J connectivity index is 2.13. The molecule has 5 heteroatoms. The second kappa shape index (κ2) is 6.75. The van der Waals surface area contributed by atoms with Gasteiger partial charge >= 0.3 is 0 Å². The number of hydrogen-bond acceptors (Lipinski definition) is 5. The Hall–Kier alpha value is -2.30. The summed E-state index contributed by atoms with van der Waals surface area (Å²) in [6, 6.07) is 7.89. The molecule has 0 radical (unpaired) electrons. The zero-order valence-corrected chi connectivity index (χ0v) is 12.0. The van der Waals surface area contributed by atoms with Gasteiger partial charge in [0.25, 0.3) is 0 Å². The van der Waals surface area contributed by atoms with Gasteiger partial charge in [0.2, 0.25) is 5.88 Å². The van der Waals surface area contributed by atoms with E-state index in [1.807, 2.05) is 38.1 Å². The quantitative estimate of drug-likeness (QED) is 0.877. The van der Waals surface area contributed by atoms with Crippen molar-refractivity contribution >= 4 is 5.82 Å². The van der Waals surface area contributed by atoms with E-state index in [1.165, 1.54) is 6.33 Å². The lowest BCUT2D eigenvalue weighted by molar-refractivity contribution is 0.324. The Bertz CT molecular complexity index is 573. The zero-order valence-electron chi connectivity index (χ0n) is 12.0. The number of anilines is 1. The van der Waals surface area contributed by atoms with Crippen LogP contribution >= 0.6 is 0 Å². The van der Waals surface area contributed by atoms with Crippen molar-refractivity contribution in [3.05, 3.63) is 41.7 Å². The number of hydrogen-bond donors (Lipinski definition) is 1. The lowest BCUT2D eigenvalue weighted by atomic mass is 10.2. The molecule has 2 rings (SSSR count). The van der Waals surface area contributed by atoms with Crippen LogP contribution in [-0.2, 0) is 6.54 Å². The molecule has 0 aliphatic carbocycles. The molecule has 1 aromatic heterocycles. The second-order valence-electron chi connectivity index (χ2n) is 4.25. The third-order valence-electron chi connectivity index (χ3n) is 2.96. The summed E-state index contributed by atoms with van der Waals surface area (Å²) in [7, 11) is 1.67. The fourth-order valence-corrected chi connectivity index (χ4v) is 1.92. The van der Waals surface area contributed by atoms with Crippen LogP contribution in [0.3, 0.4) is 0 Å². The molecule has 0 fully saturated rings. The molecule has 0 amide bonds. The topological polar surface area (TPSA) is 56.3 Å². The van der Waals surface area contributed by atoms with Crippen molar-refractivity contribution in [3.63, 3.8) is 0 Å². The van der Waals surface area contributed by atoms with Crippen LogP contribution in [0.25, 0.3) is 0 Å². The highest BCUT2D eigenvalue weighted by Crippen LogP contribution is 2.23. The zero-order chi connectivity index (χ0) is 14.4. The van der Waals surface area contributed by atoms with E-state index < -0.39 is 0 Å². The minimum Gasteiger partial charge on any atom is -0.496 e. The van der Waals surface area contributed by atoms with E-state index in [0.717, 1.165) is 22.7 Å². The molecule has 0 atom stereocenters. The van der Waals surface area contributed by atoms with Crippen molar-refractivity contribution in [1.29, 1.82) is 0 Å². The smallest absolute Gasteiger partial charge is 0.221 e. The van der Waals surface area contributed by atoms with Gasteiger partial charge in [-0.05, 0) is 19.9 Å². The molecule has 1 aromatic carbocycles. The predicted octanol–water partition coefficient (Wildman–Crippen LogP) is 2.80. The Morgan fingerprint density at radius 3 is 2.75 bits per heavy atom. The van der Waals surface area contributed by atoms with Crippen molar-refractivity contribution < 1.29 is 9.47 Å². The first-order valence-electron chi connectivity index (χ1n) is 6.56. The molecule has 0 unspecified atom stereocenters. The first-order chi connectivity index (χ1) is 9.76. The molecular formula is C15H19N3O2. The Kier molecular flexibility index (Phi) is 4.76. The fraction of sp³-hybridized carbons (Fsp3) is 0.333. The average Bonchev–Trinajstić information content (AvgIpc) is 2.48. The van der Waals surface area contributed by atoms with Crippen molar-refractivity contribution in [2.45, 2.75) is 20.4 Å². The summed E-state index contributed by atoms with van der Waals surface area (Å²) in [5.74, 6) is 2.25. The molecule has 0 saturated carbocycles. The third kappa shape index (κ3) is 3.17. The van der Waals surface area contributed by atoms with Crippen LogP contribution in [0.1, 0.15) is 18.1 Å². The highest BCUT2D eigenvalue weighted by Gasteiger charge is 2.08. The minimum absolute atomic E-state index is 0.587. The van der Waals surface area contributed by atoms with E-state index in [4.69, 9.17) is 9.47 Å². The van der Waals surface area contributed by atoms with Gasteiger partial charge in [-0.25, -0.2) is 9.97 Å². The maximum absolute atomic E-state index is 5.46. The molecule has 106 valence electrons. The monoisotopic (exact) mass is 273 g/mol. The highest BCUT2D eigenvalue weighted by molar-refractivity contribution is 5.48. The molecule has 1 heterocycles. The van der Waals surface area contributed by atoms with E-state index in [-0.39, 0.29) is 0 Å². The molecular weight excluding hydrogens is 254 g/mol. The molecule has 0 spiro atoms. The summed E-state index contributed by atoms with van der Waals surface area (Å²) in [5, 5.41) is 3.29. The van der Waals surface area contributed by atoms with Crippen LogP contribution < -0.4 is 14.8 Å². The normalized spacial score (nSPS) is 10.2. The molecule has 0 bridgehead atoms. The van der Waals surface area contributed by atoms with E-state index >= 15 is 0 Å². The van der Waals surface area contributed by atoms with Crippen LogP contribution in [0.4, 0.5) is 5.82 Å². The molecule has 0 saturated heterocycles. The van der Waals surface area contributed by atoms with Crippen LogP contribution in [0.2, 0.25) is 0 Å². The summed E-state index contributed by atoms with van der Waals surface area (Å²) >= 11 is 0. The van der Waals surface area contributed by atoms with Crippen LogP contribution in [0.5, 0.6) is 11.6 Å². The van der Waals surface area contributed by atoms with Crippen LogP contribution in [-0.4, -0.2) is 23.7 Å². The maximum Gasteiger partial charge on any atom is 0.221 e. The number of nitrogens with zero attached hydrogens (tertiary/aromatic N) is 2. The molecule has 5 nitrogen and oxygen atoms in total. The summed E-state index contributed by atoms with van der Waals surface area (Å²) < 4.78 is 10.8. The lowest BCUT2D eigenvalue weighted by Gasteiger charge is -2.13. The molecule has 20 heavy (non-hydrogen) atoms. The first-order valence-corrected chi connectivity index (χ1v) is 6.56. The Morgan fingerprint density at radius 2 is 2.00 bits per heavy atom. The van der Waals surface area contributed by atoms with Gasteiger partial charge in [0.05, 0.1) is 19.3 Å². The number of aromatic nitrogens is 2. The standard InChI is InChI=1S/C15H19N3O2/c1-4-20-15-11(2)14(17-10-18-15)16-9-12-7-5-6-8-13(12)19-3/h5-8,10H,4,9H2,1-3H3,(H,16,17,18). The molecule has 1 N–H and O–H groups in total. The number of nitrogens with one attached hydrogen (secondary N) is 1. The van der Waals surface area contributed by atoms with Crippen LogP contribution in [0.15, 0.2) is 30.6 Å². The largest absolute Gasteiger partial charge is 0.496 e. The van der Waals surface area contributed by atoms with Gasteiger partial charge in [0, 0.05) is 12.1 Å². The van der Waals surface area contributed by atoms with Gasteiger partial charge in [-0.15, -0.1) is 0 Å². The SMILES string of the molecule is CCOc1ncnc(NCc2ccccc2OC)c1C. The Morgan fingerprint density at radius 1 is 1.20 bits per heavy atom. The van der Waals surface area contributed by atoms with Gasteiger partial charge in [-0.2, -0.15) is 0 Å². The van der Waals surface area contributed by atoms with Crippen molar-refractivity contribution in [2.24, 2.45) is 0 Å². The van der Waals surface area contributed by atoms with E-state index in [2.05, 4.69) is 15.3 Å². The second-order valence-corrected chi connectivity index (χ2v) is 4.25. The van der Waals surface area contributed by atoms with Crippen LogP contribution in [0, 0.1) is 6.92 Å². The van der Waals surface area contributed by atoms with Gasteiger partial charge in [0.1, 0.15) is 17.9 Å². The number of ether oxygens (including phenoxy) is 2. The van der Waals surface area contributed by atoms with Crippen molar-refractivity contribution in [3.8, 4) is 11.6 Å². The van der Waals surface area contributed by atoms with Gasteiger partial charge in [-0.3, -0.25) is 0 Å². The Labute approximate surface area is 119 Å². The summed E-state index contributed by atoms with van der Waals surface area (Å²) in [6.07, 6.45) is 1.50. The molecule has 0 aliphatic heterocycles. The summed E-state index contributed by atoms with van der Waals surface area (Å²) in [5.41, 5.74) is 1.98. The van der Waals surface area contributed by atoms with Crippen molar-refractivity contribution in [1.82, 2.24) is 9.97 Å². The minimum atomic E-state index is 0.587. The summed E-state index contributed by atoms with van der Waals surface area (Å²) in [4.78, 5) is 8.37.